The zero-order valence-electron chi connectivity index (χ0n) is 25.1. The lowest BCUT2D eigenvalue weighted by Gasteiger charge is -2.29. The van der Waals surface area contributed by atoms with Gasteiger partial charge in [0.25, 0.3) is 11.8 Å². The van der Waals surface area contributed by atoms with Gasteiger partial charge in [-0.3, -0.25) is 9.59 Å². The molecule has 3 heterocycles. The number of ether oxygens (including phenoxy) is 3. The van der Waals surface area contributed by atoms with Gasteiger partial charge in [0.15, 0.2) is 6.61 Å². The number of carbonyl (C=O) groups excluding carboxylic acids is 2. The van der Waals surface area contributed by atoms with E-state index in [1.807, 2.05) is 49.4 Å². The number of rotatable bonds is 10. The number of morpholine rings is 1. The second kappa shape index (κ2) is 13.9. The molecule has 1 unspecified atom stereocenters. The highest BCUT2D eigenvalue weighted by Crippen LogP contribution is 2.38. The van der Waals surface area contributed by atoms with Gasteiger partial charge < -0.3 is 29.7 Å². The Kier molecular flexibility index (Phi) is 9.32. The molecule has 2 aliphatic rings. The molecule has 2 amide bonds. The smallest absolute Gasteiger partial charge is 0.260 e. The topological polar surface area (TPSA) is 120 Å². The number of nitrogens with one attached hydrogen (secondary N) is 2. The molecule has 1 atom stereocenters. The Morgan fingerprint density at radius 3 is 2.51 bits per heavy atom. The minimum absolute atomic E-state index is 0.0620. The molecule has 12 heteroatoms. The van der Waals surface area contributed by atoms with Crippen molar-refractivity contribution >= 4 is 35.2 Å². The fourth-order valence-corrected chi connectivity index (χ4v) is 6.03. The number of anilines is 2. The molecule has 0 radical (unpaired) electrons. The second-order valence-corrected chi connectivity index (χ2v) is 11.5. The number of carbonyl (C=O) groups is 2. The monoisotopic (exact) mass is 626 g/mol. The van der Waals surface area contributed by atoms with Crippen molar-refractivity contribution < 1.29 is 23.8 Å². The summed E-state index contributed by atoms with van der Waals surface area (Å²) in [6, 6.07) is 24.2. The standard InChI is InChI=1S/C33H34N6O5S/c1-22-29(31(41)35-26-10-6-7-11-27(26)42-2)30(39-32(34-22)36-33(37-39)45-21-23-8-4-3-5-9-23)24-12-14-25(15-13-24)44-20-28(40)38-16-18-43-19-17-38/h3-15,30H,16-21H2,1-2H3,(H,35,41)(H,34,36,37). The minimum atomic E-state index is -0.585. The first-order valence-corrected chi connectivity index (χ1v) is 15.6. The summed E-state index contributed by atoms with van der Waals surface area (Å²) in [4.78, 5) is 33.0. The molecule has 0 bridgehead atoms. The molecule has 4 aromatic rings. The first-order valence-electron chi connectivity index (χ1n) is 14.6. The largest absolute Gasteiger partial charge is 0.495 e. The molecule has 3 aromatic carbocycles. The summed E-state index contributed by atoms with van der Waals surface area (Å²) in [6.45, 7) is 3.99. The van der Waals surface area contributed by atoms with Gasteiger partial charge in [-0.15, -0.1) is 5.10 Å². The average molecular weight is 627 g/mol. The lowest BCUT2D eigenvalue weighted by Crippen LogP contribution is -2.42. The number of nitrogens with zero attached hydrogens (tertiary/aromatic N) is 4. The quantitative estimate of drug-likeness (QED) is 0.241. The van der Waals surface area contributed by atoms with Crippen LogP contribution in [0.3, 0.4) is 0 Å². The molecule has 232 valence electrons. The summed E-state index contributed by atoms with van der Waals surface area (Å²) in [5.74, 6) is 1.97. The van der Waals surface area contributed by atoms with E-state index in [1.165, 1.54) is 11.8 Å². The van der Waals surface area contributed by atoms with Crippen LogP contribution in [0.4, 0.5) is 11.6 Å². The van der Waals surface area contributed by atoms with Crippen molar-refractivity contribution in [1.29, 1.82) is 0 Å². The normalized spacial score (nSPS) is 16.0. The number of methoxy groups -OCH3 is 1. The van der Waals surface area contributed by atoms with Crippen LogP contribution in [0, 0.1) is 0 Å². The maximum Gasteiger partial charge on any atom is 0.260 e. The first kappa shape index (κ1) is 30.2. The van der Waals surface area contributed by atoms with Crippen LogP contribution in [0.25, 0.3) is 0 Å². The molecule has 6 rings (SSSR count). The molecular formula is C33H34N6O5S. The third kappa shape index (κ3) is 6.97. The summed E-state index contributed by atoms with van der Waals surface area (Å²) in [6.07, 6.45) is 0. The van der Waals surface area contributed by atoms with E-state index in [9.17, 15) is 9.59 Å². The Labute approximate surface area is 265 Å². The van der Waals surface area contributed by atoms with Gasteiger partial charge in [0.1, 0.15) is 17.5 Å². The fraction of sp³-hybridized carbons (Fsp3) is 0.273. The van der Waals surface area contributed by atoms with E-state index >= 15 is 0 Å². The molecule has 2 N–H and O–H groups in total. The lowest BCUT2D eigenvalue weighted by molar-refractivity contribution is -0.137. The van der Waals surface area contributed by atoms with Crippen molar-refractivity contribution in [3.63, 3.8) is 0 Å². The maximum atomic E-state index is 13.9. The molecule has 0 saturated carbocycles. The van der Waals surface area contributed by atoms with E-state index in [0.717, 1.165) is 11.1 Å². The Balaban J connectivity index is 1.27. The Morgan fingerprint density at radius 2 is 1.76 bits per heavy atom. The highest BCUT2D eigenvalue weighted by molar-refractivity contribution is 7.98. The Bertz CT molecular complexity index is 1690. The van der Waals surface area contributed by atoms with E-state index in [1.54, 1.807) is 41.0 Å². The molecular weight excluding hydrogens is 592 g/mol. The number of fused-ring (bicyclic) bond motifs is 1. The zero-order chi connectivity index (χ0) is 31.2. The van der Waals surface area contributed by atoms with Crippen molar-refractivity contribution in [1.82, 2.24) is 19.7 Å². The fourth-order valence-electron chi connectivity index (χ4n) is 5.25. The predicted molar refractivity (Wildman–Crippen MR) is 171 cm³/mol. The van der Waals surface area contributed by atoms with Crippen molar-refractivity contribution in [3.8, 4) is 11.5 Å². The number of aromatic nitrogens is 3. The van der Waals surface area contributed by atoms with Crippen LogP contribution >= 0.6 is 11.8 Å². The molecule has 11 nitrogen and oxygen atoms in total. The first-order chi connectivity index (χ1) is 22.0. The van der Waals surface area contributed by atoms with Crippen LogP contribution in [0.1, 0.15) is 24.1 Å². The van der Waals surface area contributed by atoms with Gasteiger partial charge >= 0.3 is 0 Å². The molecule has 45 heavy (non-hydrogen) atoms. The van der Waals surface area contributed by atoms with Gasteiger partial charge in [-0.25, -0.2) is 4.68 Å². The van der Waals surface area contributed by atoms with Crippen molar-refractivity contribution in [2.24, 2.45) is 0 Å². The third-order valence-electron chi connectivity index (χ3n) is 7.57. The highest BCUT2D eigenvalue weighted by Gasteiger charge is 2.35. The number of benzene rings is 3. The van der Waals surface area contributed by atoms with Gasteiger partial charge in [-0.05, 0) is 42.3 Å². The molecule has 1 fully saturated rings. The average Bonchev–Trinajstić information content (AvgIpc) is 3.49. The third-order valence-corrected chi connectivity index (χ3v) is 8.47. The summed E-state index contributed by atoms with van der Waals surface area (Å²) < 4.78 is 18.4. The van der Waals surface area contributed by atoms with Crippen molar-refractivity contribution in [2.75, 3.05) is 50.7 Å². The molecule has 0 aliphatic carbocycles. The molecule has 1 saturated heterocycles. The van der Waals surface area contributed by atoms with E-state index in [4.69, 9.17) is 24.3 Å². The number of thioether (sulfide) groups is 1. The van der Waals surface area contributed by atoms with Crippen molar-refractivity contribution in [2.45, 2.75) is 23.9 Å². The maximum absolute atomic E-state index is 13.9. The zero-order valence-corrected chi connectivity index (χ0v) is 25.9. The molecule has 1 aromatic heterocycles. The summed E-state index contributed by atoms with van der Waals surface area (Å²) >= 11 is 1.52. The van der Waals surface area contributed by atoms with Crippen LogP contribution in [0.5, 0.6) is 11.5 Å². The Morgan fingerprint density at radius 1 is 1.02 bits per heavy atom. The number of hydrogen-bond donors (Lipinski definition) is 2. The van der Waals surface area contributed by atoms with Gasteiger partial charge in [0.2, 0.25) is 11.1 Å². The number of hydrogen-bond acceptors (Lipinski definition) is 9. The predicted octanol–water partition coefficient (Wildman–Crippen LogP) is 4.74. The summed E-state index contributed by atoms with van der Waals surface area (Å²) in [7, 11) is 1.56. The highest BCUT2D eigenvalue weighted by atomic mass is 32.2. The molecule has 0 spiro atoms. The van der Waals surface area contributed by atoms with E-state index in [-0.39, 0.29) is 18.4 Å². The molecule has 2 aliphatic heterocycles. The Hall–Kier alpha value is -4.81. The summed E-state index contributed by atoms with van der Waals surface area (Å²) in [5, 5.41) is 11.7. The van der Waals surface area contributed by atoms with Crippen LogP contribution < -0.4 is 20.1 Å². The van der Waals surface area contributed by atoms with E-state index in [2.05, 4.69) is 22.8 Å². The van der Waals surface area contributed by atoms with Gasteiger partial charge in [-0.2, -0.15) is 4.98 Å². The van der Waals surface area contributed by atoms with Gasteiger partial charge in [0.05, 0.1) is 31.6 Å². The minimum Gasteiger partial charge on any atom is -0.495 e. The van der Waals surface area contributed by atoms with Gasteiger partial charge in [0, 0.05) is 24.5 Å². The van der Waals surface area contributed by atoms with Crippen LogP contribution in [-0.4, -0.2) is 71.5 Å². The second-order valence-electron chi connectivity index (χ2n) is 10.5. The number of para-hydroxylation sites is 2. The lowest BCUT2D eigenvalue weighted by atomic mass is 9.95. The van der Waals surface area contributed by atoms with Crippen LogP contribution in [0.2, 0.25) is 0 Å². The van der Waals surface area contributed by atoms with E-state index in [0.29, 0.717) is 71.6 Å². The summed E-state index contributed by atoms with van der Waals surface area (Å²) in [5.41, 5.74) is 3.66. The SMILES string of the molecule is COc1ccccc1NC(=O)C1=C(C)Nc2nc(SCc3ccccc3)nn2C1c1ccc(OCC(=O)N2CCOCC2)cc1. The number of amides is 2. The van der Waals surface area contributed by atoms with E-state index < -0.39 is 6.04 Å². The number of allylic oxidation sites excluding steroid dienone is 1. The van der Waals surface area contributed by atoms with Crippen LogP contribution in [0.15, 0.2) is 95.3 Å². The van der Waals surface area contributed by atoms with Crippen LogP contribution in [-0.2, 0) is 20.1 Å². The van der Waals surface area contributed by atoms with Crippen molar-refractivity contribution in [3.05, 3.63) is 101 Å². The van der Waals surface area contributed by atoms with Gasteiger partial charge in [-0.1, -0.05) is 66.4 Å².